The highest BCUT2D eigenvalue weighted by Crippen LogP contribution is 2.69. The zero-order valence-electron chi connectivity index (χ0n) is 11.3. The van der Waals surface area contributed by atoms with Crippen LogP contribution >= 0.6 is 0 Å². The standard InChI is InChI=1S/C15H17NO4/c1-16(15-8-14(9-15,10-15)12(17)18)13(19)20-7-11-5-3-2-4-6-11/h2-6H,7-10H2,1H3,(H,17,18). The van der Waals surface area contributed by atoms with Crippen molar-refractivity contribution in [1.29, 1.82) is 0 Å². The first-order valence-corrected chi connectivity index (χ1v) is 6.65. The minimum Gasteiger partial charge on any atom is -0.481 e. The average Bonchev–Trinajstić information content (AvgIpc) is 2.33. The fraction of sp³-hybridized carbons (Fsp3) is 0.467. The van der Waals surface area contributed by atoms with Gasteiger partial charge in [0.25, 0.3) is 0 Å². The molecule has 1 aromatic carbocycles. The second-order valence-electron chi connectivity index (χ2n) is 5.94. The van der Waals surface area contributed by atoms with Crippen LogP contribution in [0.1, 0.15) is 24.8 Å². The maximum atomic E-state index is 12.0. The molecule has 106 valence electrons. The second kappa shape index (κ2) is 4.23. The van der Waals surface area contributed by atoms with Gasteiger partial charge in [-0.1, -0.05) is 30.3 Å². The Balaban J connectivity index is 1.53. The summed E-state index contributed by atoms with van der Waals surface area (Å²) in [4.78, 5) is 24.6. The molecule has 1 amide bonds. The molecule has 2 bridgehead atoms. The number of hydrogen-bond donors (Lipinski definition) is 1. The summed E-state index contributed by atoms with van der Waals surface area (Å²) in [5.74, 6) is -0.745. The van der Waals surface area contributed by atoms with E-state index >= 15 is 0 Å². The lowest BCUT2D eigenvalue weighted by Crippen LogP contribution is -2.77. The third-order valence-electron chi connectivity index (χ3n) is 4.65. The van der Waals surface area contributed by atoms with E-state index in [1.165, 1.54) is 0 Å². The van der Waals surface area contributed by atoms with Crippen molar-refractivity contribution in [2.24, 2.45) is 5.41 Å². The molecule has 3 fully saturated rings. The van der Waals surface area contributed by atoms with Crippen molar-refractivity contribution >= 4 is 12.1 Å². The Kier molecular flexibility index (Phi) is 2.74. The lowest BCUT2D eigenvalue weighted by molar-refractivity contribution is -0.221. The van der Waals surface area contributed by atoms with Crippen LogP contribution in [0.15, 0.2) is 30.3 Å². The molecule has 1 N–H and O–H groups in total. The molecule has 4 rings (SSSR count). The second-order valence-corrected chi connectivity index (χ2v) is 5.94. The van der Waals surface area contributed by atoms with Crippen molar-refractivity contribution in [3.8, 4) is 0 Å². The van der Waals surface area contributed by atoms with Gasteiger partial charge in [-0.25, -0.2) is 4.79 Å². The quantitative estimate of drug-likeness (QED) is 0.915. The Bertz CT molecular complexity index is 534. The summed E-state index contributed by atoms with van der Waals surface area (Å²) in [7, 11) is 1.69. The van der Waals surface area contributed by atoms with E-state index in [-0.39, 0.29) is 18.2 Å². The number of carbonyl (C=O) groups excluding carboxylic acids is 1. The summed E-state index contributed by atoms with van der Waals surface area (Å²) in [5, 5.41) is 9.08. The summed E-state index contributed by atoms with van der Waals surface area (Å²) in [5.41, 5.74) is 0.0778. The Morgan fingerprint density at radius 1 is 1.25 bits per heavy atom. The molecule has 3 aliphatic rings. The van der Waals surface area contributed by atoms with Crippen LogP contribution in [0.25, 0.3) is 0 Å². The highest BCUT2D eigenvalue weighted by atomic mass is 16.6. The highest BCUT2D eigenvalue weighted by molar-refractivity contribution is 5.82. The zero-order valence-corrected chi connectivity index (χ0v) is 11.3. The van der Waals surface area contributed by atoms with E-state index in [1.54, 1.807) is 11.9 Å². The first-order valence-electron chi connectivity index (χ1n) is 6.65. The van der Waals surface area contributed by atoms with Crippen molar-refractivity contribution in [1.82, 2.24) is 4.90 Å². The van der Waals surface area contributed by atoms with Crippen molar-refractivity contribution < 1.29 is 19.4 Å². The van der Waals surface area contributed by atoms with Gasteiger partial charge in [0.05, 0.1) is 5.41 Å². The first-order chi connectivity index (χ1) is 9.47. The maximum absolute atomic E-state index is 12.0. The molecule has 0 spiro atoms. The normalized spacial score (nSPS) is 29.9. The third kappa shape index (κ3) is 1.77. The molecule has 0 unspecified atom stereocenters. The van der Waals surface area contributed by atoms with Gasteiger partial charge >= 0.3 is 12.1 Å². The minimum absolute atomic E-state index is 0.240. The van der Waals surface area contributed by atoms with Crippen molar-refractivity contribution in [3.63, 3.8) is 0 Å². The lowest BCUT2D eigenvalue weighted by Gasteiger charge is -2.70. The first kappa shape index (κ1) is 13.0. The molecule has 0 atom stereocenters. The summed E-state index contributed by atoms with van der Waals surface area (Å²) in [6.45, 7) is 0.240. The van der Waals surface area contributed by atoms with E-state index in [1.807, 2.05) is 30.3 Å². The Morgan fingerprint density at radius 3 is 2.40 bits per heavy atom. The van der Waals surface area contributed by atoms with Crippen molar-refractivity contribution in [3.05, 3.63) is 35.9 Å². The number of amides is 1. The van der Waals surface area contributed by atoms with E-state index in [4.69, 9.17) is 9.84 Å². The molecule has 20 heavy (non-hydrogen) atoms. The Morgan fingerprint density at radius 2 is 1.85 bits per heavy atom. The number of rotatable bonds is 4. The van der Waals surface area contributed by atoms with Gasteiger partial charge in [0.1, 0.15) is 6.61 Å². The molecule has 0 radical (unpaired) electrons. The molecule has 5 heteroatoms. The molecule has 0 aromatic heterocycles. The summed E-state index contributed by atoms with van der Waals surface area (Å²) >= 11 is 0. The van der Waals surface area contributed by atoms with Gasteiger partial charge in [0, 0.05) is 12.6 Å². The van der Waals surface area contributed by atoms with Crippen LogP contribution in [-0.4, -0.2) is 34.7 Å². The average molecular weight is 275 g/mol. The summed E-state index contributed by atoms with van der Waals surface area (Å²) in [6, 6.07) is 9.49. The van der Waals surface area contributed by atoms with E-state index < -0.39 is 11.4 Å². The molecule has 0 heterocycles. The molecule has 3 saturated carbocycles. The summed E-state index contributed by atoms with van der Waals surface area (Å²) < 4.78 is 5.27. The SMILES string of the molecule is CN(C(=O)OCc1ccccc1)C12CC(C(=O)O)(C1)C2. The van der Waals surface area contributed by atoms with Gasteiger partial charge in [-0.05, 0) is 24.8 Å². The number of hydrogen-bond acceptors (Lipinski definition) is 3. The van der Waals surface area contributed by atoms with Crippen LogP contribution in [-0.2, 0) is 16.1 Å². The zero-order chi connectivity index (χ0) is 14.4. The smallest absolute Gasteiger partial charge is 0.410 e. The fourth-order valence-corrected chi connectivity index (χ4v) is 3.33. The van der Waals surface area contributed by atoms with E-state index in [0.29, 0.717) is 19.3 Å². The molecule has 3 aliphatic carbocycles. The highest BCUT2D eigenvalue weighted by Gasteiger charge is 2.74. The molecule has 5 nitrogen and oxygen atoms in total. The monoisotopic (exact) mass is 275 g/mol. The number of benzene rings is 1. The van der Waals surface area contributed by atoms with E-state index in [9.17, 15) is 9.59 Å². The Labute approximate surface area is 117 Å². The molecular weight excluding hydrogens is 258 g/mol. The van der Waals surface area contributed by atoms with Crippen LogP contribution in [0, 0.1) is 5.41 Å². The van der Waals surface area contributed by atoms with Crippen LogP contribution in [0.5, 0.6) is 0 Å². The molecule has 1 aromatic rings. The maximum Gasteiger partial charge on any atom is 0.410 e. The number of carboxylic acids is 1. The number of aliphatic carboxylic acids is 1. The van der Waals surface area contributed by atoms with Crippen LogP contribution < -0.4 is 0 Å². The number of nitrogens with zero attached hydrogens (tertiary/aromatic N) is 1. The van der Waals surface area contributed by atoms with Gasteiger partial charge in [-0.15, -0.1) is 0 Å². The lowest BCUT2D eigenvalue weighted by atomic mass is 9.39. The largest absolute Gasteiger partial charge is 0.481 e. The van der Waals surface area contributed by atoms with Gasteiger partial charge in [-0.3, -0.25) is 4.79 Å². The third-order valence-corrected chi connectivity index (χ3v) is 4.65. The van der Waals surface area contributed by atoms with Crippen LogP contribution in [0.3, 0.4) is 0 Å². The van der Waals surface area contributed by atoms with Gasteiger partial charge < -0.3 is 14.7 Å². The van der Waals surface area contributed by atoms with Gasteiger partial charge in [-0.2, -0.15) is 0 Å². The number of ether oxygens (including phenoxy) is 1. The predicted molar refractivity (Wildman–Crippen MR) is 71.0 cm³/mol. The van der Waals surface area contributed by atoms with Crippen LogP contribution in [0.2, 0.25) is 0 Å². The topological polar surface area (TPSA) is 66.8 Å². The predicted octanol–water partition coefficient (Wildman–Crippen LogP) is 2.26. The molecular formula is C15H17NO4. The molecule has 0 saturated heterocycles. The number of carboxylic acid groups (broad SMARTS) is 1. The van der Waals surface area contributed by atoms with E-state index in [0.717, 1.165) is 5.56 Å². The van der Waals surface area contributed by atoms with Crippen LogP contribution in [0.4, 0.5) is 4.79 Å². The minimum atomic E-state index is -0.745. The summed E-state index contributed by atoms with van der Waals surface area (Å²) in [6.07, 6.45) is 1.26. The van der Waals surface area contributed by atoms with Crippen molar-refractivity contribution in [2.45, 2.75) is 31.4 Å². The number of carbonyl (C=O) groups is 2. The van der Waals surface area contributed by atoms with Crippen molar-refractivity contribution in [2.75, 3.05) is 7.05 Å². The Hall–Kier alpha value is -2.04. The van der Waals surface area contributed by atoms with E-state index in [2.05, 4.69) is 0 Å². The fourth-order valence-electron chi connectivity index (χ4n) is 3.33. The van der Waals surface area contributed by atoms with Gasteiger partial charge in [0.2, 0.25) is 0 Å². The molecule has 0 aliphatic heterocycles. The van der Waals surface area contributed by atoms with Gasteiger partial charge in [0.15, 0.2) is 0 Å².